The predicted octanol–water partition coefficient (Wildman–Crippen LogP) is 19.5. The van der Waals surface area contributed by atoms with Gasteiger partial charge in [0.1, 0.15) is 0 Å². The van der Waals surface area contributed by atoms with Crippen LogP contribution >= 0.6 is 0 Å². The Morgan fingerprint density at radius 2 is 0.728 bits per heavy atom. The second-order valence-electron chi connectivity index (χ2n) is 27.6. The van der Waals surface area contributed by atoms with Gasteiger partial charge in [-0.3, -0.25) is 0 Å². The summed E-state index contributed by atoms with van der Waals surface area (Å²) < 4.78 is 0. The Bertz CT molecular complexity index is 1350. The van der Waals surface area contributed by atoms with E-state index in [1.807, 2.05) is 20.8 Å². The molecule has 16 N–H and O–H groups in total. The fraction of sp³-hybridized carbons (Fsp3) is 0.863. The van der Waals surface area contributed by atoms with Crippen LogP contribution in [-0.4, -0.2) is 48.3 Å². The molecule has 8 heteroatoms. The average Bonchev–Trinajstić information content (AvgIpc) is 3.32. The van der Waals surface area contributed by atoms with Gasteiger partial charge in [0.15, 0.2) is 0 Å². The maximum Gasteiger partial charge on any atom is 0.00135 e. The fourth-order valence-electron chi connectivity index (χ4n) is 7.61. The standard InChI is InChI=1S/C10H23N.2C10H21N.C9H21N.2C9H19N.C8H19N.C8H17N/c3*1-5-10(8(2)3)7-6-9(4)11;3*1-7(2)8(3)5-6-9(4)10;2*1-7(2)5-4-6-8(3)9/h8-10H,5-7,11H2,1-4H3;2*5,8-9H,6-7,11H2,1-4H3;7-9H,5-6,10H2,1-4H3;7,9H,3,5-6,10H2,1-2,4H3;8-9H,1,5-6,10H2,2-4H3;7-8H,4-6,9H2,1-3H3;5,8H,4,6,9H2,1-3H3/b;10-5+;10-5-;;;;;/t9-,10?;2*9-;8?,9-;9-;8?,9-;2*8-/m11111111/s1. The first kappa shape index (κ1) is 95.7. The van der Waals surface area contributed by atoms with Crippen molar-refractivity contribution in [3.05, 3.63) is 59.3 Å². The van der Waals surface area contributed by atoms with Crippen LogP contribution in [0, 0.1) is 53.3 Å². The molecule has 3 unspecified atom stereocenters. The van der Waals surface area contributed by atoms with Crippen molar-refractivity contribution in [2.24, 2.45) is 99.1 Å². The van der Waals surface area contributed by atoms with E-state index in [2.05, 4.69) is 204 Å². The third-order valence-electron chi connectivity index (χ3n) is 14.9. The number of hydrogen-bond acceptors (Lipinski definition) is 8. The molecule has 0 aromatic carbocycles. The van der Waals surface area contributed by atoms with Crippen molar-refractivity contribution >= 4 is 0 Å². The van der Waals surface area contributed by atoms with Crippen LogP contribution in [0.1, 0.15) is 309 Å². The van der Waals surface area contributed by atoms with Gasteiger partial charge in [-0.15, -0.1) is 0 Å². The molecule has 0 fully saturated rings. The van der Waals surface area contributed by atoms with Gasteiger partial charge in [-0.25, -0.2) is 0 Å². The van der Waals surface area contributed by atoms with Crippen LogP contribution in [-0.2, 0) is 0 Å². The Kier molecular flexibility index (Phi) is 76.1. The molecular weight excluding hydrogens is 989 g/mol. The third-order valence-corrected chi connectivity index (χ3v) is 14.9. The minimum absolute atomic E-state index is 0.315. The highest BCUT2D eigenvalue weighted by molar-refractivity contribution is 5.04. The van der Waals surface area contributed by atoms with E-state index in [1.165, 1.54) is 85.7 Å². The van der Waals surface area contributed by atoms with Gasteiger partial charge in [-0.2, -0.15) is 0 Å². The third kappa shape index (κ3) is 92.3. The SMILES string of the molecule is C/C=C(/CC[C@@H](C)N)C(C)C.C/C=C(\CC[C@@H](C)N)C(C)C.C=C(C)C(C)CC[C@@H](C)N.C=C(CC[C@@H](C)N)C(C)C.CC(C)=CCC[C@@H](C)N.CC(C)C(C)CC[C@@H](C)N.CC(C)CCC[C@@H](C)N.CCC(CC[C@@H](C)N)C(C)C. The molecule has 8 nitrogen and oxygen atoms in total. The fourth-order valence-corrected chi connectivity index (χ4v) is 7.61. The molecule has 0 aliphatic rings. The Labute approximate surface area is 513 Å². The average molecular weight is 1150 g/mol. The largest absolute Gasteiger partial charge is 0.328 e. The summed E-state index contributed by atoms with van der Waals surface area (Å²) in [6.45, 7) is 68.5. The first-order valence-electron chi connectivity index (χ1n) is 33.4. The van der Waals surface area contributed by atoms with Gasteiger partial charge in [0.25, 0.3) is 0 Å². The van der Waals surface area contributed by atoms with Crippen LogP contribution in [0.25, 0.3) is 0 Å². The van der Waals surface area contributed by atoms with Crippen molar-refractivity contribution in [2.45, 2.75) is 358 Å². The molecule has 0 heterocycles. The Morgan fingerprint density at radius 1 is 0.383 bits per heavy atom. The van der Waals surface area contributed by atoms with Crippen LogP contribution in [0.15, 0.2) is 59.3 Å². The van der Waals surface area contributed by atoms with Gasteiger partial charge in [0.05, 0.1) is 0 Å². The molecule has 0 aliphatic carbocycles. The Hall–Kier alpha value is -1.62. The van der Waals surface area contributed by atoms with E-state index in [4.69, 9.17) is 45.9 Å². The lowest BCUT2D eigenvalue weighted by Gasteiger charge is -2.19. The van der Waals surface area contributed by atoms with E-state index < -0.39 is 0 Å². The number of rotatable bonds is 32. The van der Waals surface area contributed by atoms with Crippen molar-refractivity contribution in [2.75, 3.05) is 0 Å². The van der Waals surface area contributed by atoms with Crippen LogP contribution in [0.4, 0.5) is 0 Å². The zero-order chi connectivity index (χ0) is 65.6. The molecule has 11 atom stereocenters. The lowest BCUT2D eigenvalue weighted by Crippen LogP contribution is -2.17. The van der Waals surface area contributed by atoms with Crippen LogP contribution in [0.3, 0.4) is 0 Å². The van der Waals surface area contributed by atoms with E-state index >= 15 is 0 Å². The molecule has 0 bridgehead atoms. The minimum atomic E-state index is 0.315. The topological polar surface area (TPSA) is 208 Å². The van der Waals surface area contributed by atoms with Gasteiger partial charge in [0, 0.05) is 48.3 Å². The molecule has 0 radical (unpaired) electrons. The van der Waals surface area contributed by atoms with Crippen molar-refractivity contribution in [1.82, 2.24) is 0 Å². The summed E-state index contributed by atoms with van der Waals surface area (Å²) in [6.07, 6.45) is 27.8. The molecule has 492 valence electrons. The molecule has 0 aliphatic heterocycles. The summed E-state index contributed by atoms with van der Waals surface area (Å²) in [6, 6.07) is 2.82. The second kappa shape index (κ2) is 64.4. The molecular formula is C73H160N8. The van der Waals surface area contributed by atoms with Gasteiger partial charge >= 0.3 is 0 Å². The van der Waals surface area contributed by atoms with E-state index in [1.54, 1.807) is 0 Å². The number of nitrogens with two attached hydrogens (primary N) is 8. The summed E-state index contributed by atoms with van der Waals surface area (Å²) in [7, 11) is 0. The molecule has 0 rings (SSSR count). The smallest absolute Gasteiger partial charge is 0.00135 e. The summed E-state index contributed by atoms with van der Waals surface area (Å²) in [5.41, 5.74) is 52.0. The monoisotopic (exact) mass is 1150 g/mol. The van der Waals surface area contributed by atoms with Gasteiger partial charge < -0.3 is 45.9 Å². The highest BCUT2D eigenvalue weighted by Crippen LogP contribution is 2.22. The molecule has 0 aromatic rings. The van der Waals surface area contributed by atoms with Crippen molar-refractivity contribution in [3.63, 3.8) is 0 Å². The highest BCUT2D eigenvalue weighted by atomic mass is 14.6. The normalized spacial score (nSPS) is 15.4. The highest BCUT2D eigenvalue weighted by Gasteiger charge is 2.11. The van der Waals surface area contributed by atoms with Crippen LogP contribution in [0.5, 0.6) is 0 Å². The second-order valence-corrected chi connectivity index (χ2v) is 27.6. The van der Waals surface area contributed by atoms with Crippen LogP contribution < -0.4 is 45.9 Å². The van der Waals surface area contributed by atoms with Crippen molar-refractivity contribution in [3.8, 4) is 0 Å². The first-order valence-corrected chi connectivity index (χ1v) is 33.4. The van der Waals surface area contributed by atoms with Gasteiger partial charge in [-0.1, -0.05) is 182 Å². The van der Waals surface area contributed by atoms with Gasteiger partial charge in [0.2, 0.25) is 0 Å². The molecule has 0 saturated carbocycles. The van der Waals surface area contributed by atoms with Crippen LogP contribution in [0.2, 0.25) is 0 Å². The summed E-state index contributed by atoms with van der Waals surface area (Å²) in [5, 5.41) is 0. The van der Waals surface area contributed by atoms with E-state index in [9.17, 15) is 0 Å². The van der Waals surface area contributed by atoms with E-state index in [0.717, 1.165) is 87.4 Å². The van der Waals surface area contributed by atoms with Crippen molar-refractivity contribution in [1.29, 1.82) is 0 Å². The lowest BCUT2D eigenvalue weighted by atomic mass is 9.88. The molecule has 0 spiro atoms. The molecule has 81 heavy (non-hydrogen) atoms. The molecule has 0 saturated heterocycles. The summed E-state index contributed by atoms with van der Waals surface area (Å²) in [5.74, 6) is 6.76. The number of hydrogen-bond donors (Lipinski definition) is 8. The first-order chi connectivity index (χ1) is 37.1. The predicted molar refractivity (Wildman–Crippen MR) is 380 cm³/mol. The maximum absolute atomic E-state index is 5.70. The summed E-state index contributed by atoms with van der Waals surface area (Å²) in [4.78, 5) is 0. The molecule has 0 aromatic heterocycles. The van der Waals surface area contributed by atoms with E-state index in [-0.39, 0.29) is 0 Å². The maximum atomic E-state index is 5.70. The Morgan fingerprint density at radius 3 is 0.988 bits per heavy atom. The molecule has 0 amide bonds. The zero-order valence-corrected chi connectivity index (χ0v) is 60.8. The quantitative estimate of drug-likeness (QED) is 0.0303. The minimum Gasteiger partial charge on any atom is -0.328 e. The lowest BCUT2D eigenvalue weighted by molar-refractivity contribution is 0.332. The number of allylic oxidation sites excluding steroid dienone is 8. The zero-order valence-electron chi connectivity index (χ0n) is 60.8. The van der Waals surface area contributed by atoms with E-state index in [0.29, 0.717) is 72.0 Å². The van der Waals surface area contributed by atoms with Gasteiger partial charge in [-0.05, 0) is 240 Å². The summed E-state index contributed by atoms with van der Waals surface area (Å²) >= 11 is 0. The Balaban J connectivity index is -0.000000125. The van der Waals surface area contributed by atoms with Crippen molar-refractivity contribution < 1.29 is 0 Å².